The van der Waals surface area contributed by atoms with Crippen LogP contribution in [-0.2, 0) is 14.3 Å². The van der Waals surface area contributed by atoms with E-state index in [4.69, 9.17) is 4.74 Å². The zero-order valence-electron chi connectivity index (χ0n) is 10.9. The summed E-state index contributed by atoms with van der Waals surface area (Å²) in [6, 6.07) is -0.505. The van der Waals surface area contributed by atoms with Crippen LogP contribution in [0.5, 0.6) is 0 Å². The van der Waals surface area contributed by atoms with Crippen molar-refractivity contribution < 1.29 is 19.1 Å². The Morgan fingerprint density at radius 1 is 1.63 bits per heavy atom. The minimum absolute atomic E-state index is 0.00518. The summed E-state index contributed by atoms with van der Waals surface area (Å²) in [5.41, 5.74) is 0. The summed E-state index contributed by atoms with van der Waals surface area (Å²) < 4.78 is 4.90. The summed E-state index contributed by atoms with van der Waals surface area (Å²) in [5.74, 6) is 1.22. The summed E-state index contributed by atoms with van der Waals surface area (Å²) >= 11 is 2.78. The Kier molecular flexibility index (Phi) is 7.07. The molecular weight excluding hydrogens is 288 g/mol. The first-order valence-corrected chi connectivity index (χ1v) is 8.11. The van der Waals surface area contributed by atoms with Gasteiger partial charge in [-0.1, -0.05) is 11.8 Å². The molecule has 0 bridgehead atoms. The zero-order valence-corrected chi connectivity index (χ0v) is 12.6. The summed E-state index contributed by atoms with van der Waals surface area (Å²) in [6.07, 6.45) is 0. The Morgan fingerprint density at radius 2 is 2.37 bits per heavy atom. The lowest BCUT2D eigenvalue weighted by atomic mass is 10.3. The first kappa shape index (κ1) is 16.2. The molecule has 108 valence electrons. The second kappa shape index (κ2) is 8.31. The quantitative estimate of drug-likeness (QED) is 0.671. The fourth-order valence-electron chi connectivity index (χ4n) is 1.50. The number of carbonyl (C=O) groups excluding carboxylic acids is 3. The highest BCUT2D eigenvalue weighted by Gasteiger charge is 2.24. The normalized spacial score (nSPS) is 19.7. The molecule has 8 heteroatoms. The Balaban J connectivity index is 2.33. The molecule has 0 aliphatic carbocycles. The van der Waals surface area contributed by atoms with Crippen molar-refractivity contribution >= 4 is 40.6 Å². The molecule has 2 amide bonds. The highest BCUT2D eigenvalue weighted by Crippen LogP contribution is 2.17. The van der Waals surface area contributed by atoms with Crippen LogP contribution in [0.1, 0.15) is 13.8 Å². The third-order valence-electron chi connectivity index (χ3n) is 2.29. The van der Waals surface area contributed by atoms with Gasteiger partial charge in [0.15, 0.2) is 0 Å². The van der Waals surface area contributed by atoms with Gasteiger partial charge in [-0.2, -0.15) is 11.8 Å². The lowest BCUT2D eigenvalue weighted by Crippen LogP contribution is -2.43. The van der Waals surface area contributed by atoms with Crippen LogP contribution in [-0.4, -0.2) is 53.1 Å². The molecule has 2 atom stereocenters. The Hall–Kier alpha value is -0.890. The Labute approximate surface area is 120 Å². The number of hydrogen-bond acceptors (Lipinski definition) is 6. The molecule has 0 radical (unpaired) electrons. The van der Waals surface area contributed by atoms with Gasteiger partial charge in [0, 0.05) is 30.2 Å². The van der Waals surface area contributed by atoms with E-state index in [0.717, 1.165) is 5.75 Å². The van der Waals surface area contributed by atoms with Gasteiger partial charge in [0.05, 0.1) is 6.61 Å². The number of esters is 1. The van der Waals surface area contributed by atoms with Crippen LogP contribution >= 0.6 is 23.5 Å². The van der Waals surface area contributed by atoms with Gasteiger partial charge in [0.1, 0.15) is 6.04 Å². The molecule has 0 spiro atoms. The van der Waals surface area contributed by atoms with E-state index in [1.54, 1.807) is 6.92 Å². The average Bonchev–Trinajstić information content (AvgIpc) is 2.73. The predicted octanol–water partition coefficient (Wildman–Crippen LogP) is 0.612. The number of rotatable bonds is 7. The van der Waals surface area contributed by atoms with E-state index >= 15 is 0 Å². The number of thioether (sulfide) groups is 2. The van der Waals surface area contributed by atoms with Crippen molar-refractivity contribution in [2.24, 2.45) is 0 Å². The number of carbonyl (C=O) groups is 3. The molecule has 1 aliphatic heterocycles. The van der Waals surface area contributed by atoms with Crippen molar-refractivity contribution in [2.45, 2.75) is 25.9 Å². The van der Waals surface area contributed by atoms with Crippen molar-refractivity contribution in [2.75, 3.05) is 23.9 Å². The smallest absolute Gasteiger partial charge is 0.329 e. The van der Waals surface area contributed by atoms with Crippen molar-refractivity contribution in [3.63, 3.8) is 0 Å². The molecule has 1 unspecified atom stereocenters. The fraction of sp³-hybridized carbons (Fsp3) is 0.727. The first-order valence-electron chi connectivity index (χ1n) is 5.97. The van der Waals surface area contributed by atoms with Crippen LogP contribution in [0.15, 0.2) is 0 Å². The second-order valence-electron chi connectivity index (χ2n) is 3.98. The van der Waals surface area contributed by atoms with E-state index in [0.29, 0.717) is 11.5 Å². The predicted molar refractivity (Wildman–Crippen MR) is 76.3 cm³/mol. The summed E-state index contributed by atoms with van der Waals surface area (Å²) in [7, 11) is 0. The topological polar surface area (TPSA) is 84.5 Å². The maximum absolute atomic E-state index is 11.6. The van der Waals surface area contributed by atoms with Crippen molar-refractivity contribution in [3.05, 3.63) is 0 Å². The molecule has 6 nitrogen and oxygen atoms in total. The Bertz CT molecular complexity index is 352. The van der Waals surface area contributed by atoms with E-state index in [-0.39, 0.29) is 23.8 Å². The van der Waals surface area contributed by atoms with Gasteiger partial charge in [-0.15, -0.1) is 0 Å². The van der Waals surface area contributed by atoms with Gasteiger partial charge < -0.3 is 15.4 Å². The molecule has 0 saturated carbocycles. The number of ether oxygens (including phenoxy) is 1. The van der Waals surface area contributed by atoms with Crippen LogP contribution in [0.4, 0.5) is 4.79 Å². The molecule has 0 aromatic rings. The molecular formula is C11H18N2O4S2. The maximum Gasteiger partial charge on any atom is 0.329 e. The molecule has 1 saturated heterocycles. The van der Waals surface area contributed by atoms with Gasteiger partial charge in [-0.05, 0) is 6.92 Å². The maximum atomic E-state index is 11.6. The monoisotopic (exact) mass is 306 g/mol. The Morgan fingerprint density at radius 3 is 2.89 bits per heavy atom. The largest absolute Gasteiger partial charge is 0.464 e. The molecule has 0 aromatic heterocycles. The first-order chi connectivity index (χ1) is 9.02. The number of amides is 2. The fourth-order valence-corrected chi connectivity index (χ4v) is 3.53. The highest BCUT2D eigenvalue weighted by atomic mass is 32.2. The van der Waals surface area contributed by atoms with Gasteiger partial charge >= 0.3 is 5.97 Å². The molecule has 19 heavy (non-hydrogen) atoms. The minimum atomic E-state index is -0.632. The van der Waals surface area contributed by atoms with E-state index in [1.165, 1.54) is 30.4 Å². The summed E-state index contributed by atoms with van der Waals surface area (Å²) in [4.78, 5) is 33.7. The third kappa shape index (κ3) is 6.20. The van der Waals surface area contributed by atoms with Crippen LogP contribution in [0.3, 0.4) is 0 Å². The lowest BCUT2D eigenvalue weighted by molar-refractivity contribution is -0.146. The second-order valence-corrected chi connectivity index (χ2v) is 6.05. The number of nitrogens with one attached hydrogen (secondary N) is 2. The SMILES string of the molecule is CCOC(=O)[C@H](CSCC1CSC(=O)N1)NC(C)=O. The van der Waals surface area contributed by atoms with Gasteiger partial charge in [0.2, 0.25) is 5.91 Å². The molecule has 2 N–H and O–H groups in total. The zero-order chi connectivity index (χ0) is 14.3. The standard InChI is InChI=1S/C11H18N2O4S2/c1-3-17-10(15)9(12-7(2)14)6-18-4-8-5-19-11(16)13-8/h8-9H,3-6H2,1-2H3,(H,12,14)(H,13,16)/t8?,9-/m0/s1. The van der Waals surface area contributed by atoms with Crippen LogP contribution < -0.4 is 10.6 Å². The molecule has 1 heterocycles. The van der Waals surface area contributed by atoms with Gasteiger partial charge in [0.25, 0.3) is 5.24 Å². The van der Waals surface area contributed by atoms with Crippen molar-refractivity contribution in [3.8, 4) is 0 Å². The van der Waals surface area contributed by atoms with Crippen molar-refractivity contribution in [1.29, 1.82) is 0 Å². The highest BCUT2D eigenvalue weighted by molar-refractivity contribution is 8.14. The van der Waals surface area contributed by atoms with Crippen LogP contribution in [0.2, 0.25) is 0 Å². The number of hydrogen-bond donors (Lipinski definition) is 2. The average molecular weight is 306 g/mol. The molecule has 1 fully saturated rings. The van der Waals surface area contributed by atoms with Crippen LogP contribution in [0, 0.1) is 0 Å². The van der Waals surface area contributed by atoms with E-state index in [1.807, 2.05) is 0 Å². The summed E-state index contributed by atoms with van der Waals surface area (Å²) in [5, 5.41) is 5.39. The summed E-state index contributed by atoms with van der Waals surface area (Å²) in [6.45, 7) is 3.38. The van der Waals surface area contributed by atoms with E-state index in [9.17, 15) is 14.4 Å². The van der Waals surface area contributed by atoms with Crippen molar-refractivity contribution in [1.82, 2.24) is 10.6 Å². The molecule has 1 rings (SSSR count). The third-order valence-corrected chi connectivity index (χ3v) is 4.45. The minimum Gasteiger partial charge on any atom is -0.464 e. The molecule has 0 aromatic carbocycles. The van der Waals surface area contributed by atoms with Gasteiger partial charge in [-0.3, -0.25) is 9.59 Å². The van der Waals surface area contributed by atoms with Crippen LogP contribution in [0.25, 0.3) is 0 Å². The van der Waals surface area contributed by atoms with E-state index < -0.39 is 12.0 Å². The lowest BCUT2D eigenvalue weighted by Gasteiger charge is -2.17. The molecule has 1 aliphatic rings. The van der Waals surface area contributed by atoms with E-state index in [2.05, 4.69) is 10.6 Å². The van der Waals surface area contributed by atoms with Gasteiger partial charge in [-0.25, -0.2) is 4.79 Å².